The molecule has 180 valence electrons. The van der Waals surface area contributed by atoms with Crippen LogP contribution in [-0.2, 0) is 0 Å². The van der Waals surface area contributed by atoms with Crippen molar-refractivity contribution in [3.05, 3.63) is 94.0 Å². The first-order valence-electron chi connectivity index (χ1n) is 11.5. The summed E-state index contributed by atoms with van der Waals surface area (Å²) in [7, 11) is 0. The number of nitrogens with zero attached hydrogens (tertiary/aromatic N) is 1. The molecular formula is C30H31NO4. The molecule has 0 saturated carbocycles. The van der Waals surface area contributed by atoms with Gasteiger partial charge in [0.2, 0.25) is 0 Å². The molecule has 0 unspecified atom stereocenters. The molecule has 0 fully saturated rings. The number of phenols is 3. The van der Waals surface area contributed by atoms with Crippen LogP contribution in [0.5, 0.6) is 28.7 Å². The molecule has 0 radical (unpaired) electrons. The lowest BCUT2D eigenvalue weighted by Crippen LogP contribution is -2.14. The maximum atomic E-state index is 11.1. The van der Waals surface area contributed by atoms with E-state index < -0.39 is 0 Å². The van der Waals surface area contributed by atoms with Gasteiger partial charge in [0.15, 0.2) is 5.75 Å². The lowest BCUT2D eigenvalue weighted by Gasteiger charge is -2.31. The number of ether oxygens (including phenoxy) is 1. The maximum Gasteiger partial charge on any atom is 0.151 e. The minimum absolute atomic E-state index is 0.0985. The number of hydrogen-bond donors (Lipinski definition) is 3. The van der Waals surface area contributed by atoms with E-state index in [0.717, 1.165) is 27.8 Å². The zero-order chi connectivity index (χ0) is 25.4. The molecule has 0 bridgehead atoms. The van der Waals surface area contributed by atoms with Crippen molar-refractivity contribution in [2.75, 3.05) is 4.90 Å². The third kappa shape index (κ3) is 4.50. The van der Waals surface area contributed by atoms with Crippen LogP contribution in [0.25, 0.3) is 0 Å². The number of aromatic hydroxyl groups is 3. The molecular weight excluding hydrogens is 438 g/mol. The molecule has 0 aromatic heterocycles. The van der Waals surface area contributed by atoms with E-state index in [0.29, 0.717) is 34.1 Å². The van der Waals surface area contributed by atoms with Gasteiger partial charge in [-0.2, -0.15) is 0 Å². The molecule has 0 amide bonds. The van der Waals surface area contributed by atoms with Crippen molar-refractivity contribution in [1.29, 1.82) is 0 Å². The number of hydrogen-bond acceptors (Lipinski definition) is 5. The number of anilines is 3. The Labute approximate surface area is 206 Å². The summed E-state index contributed by atoms with van der Waals surface area (Å²) >= 11 is 0. The van der Waals surface area contributed by atoms with Crippen LogP contribution in [0.1, 0.15) is 33.4 Å². The zero-order valence-corrected chi connectivity index (χ0v) is 21.0. The first-order valence-corrected chi connectivity index (χ1v) is 11.5. The maximum absolute atomic E-state index is 11.1. The van der Waals surface area contributed by atoms with Crippen LogP contribution in [0.3, 0.4) is 0 Å². The number of para-hydroxylation sites is 2. The molecule has 0 saturated heterocycles. The summed E-state index contributed by atoms with van der Waals surface area (Å²) in [6.07, 6.45) is 0. The average Bonchev–Trinajstić information content (AvgIpc) is 2.77. The third-order valence-electron chi connectivity index (χ3n) is 6.19. The standard InChI is InChI=1S/C30H31NO4/c1-17-13-20(4)28(25(33)15-17)31(29-21(5)14-18(2)16-26(29)34)23-9-7-8-10-27(23)35-30-19(3)11-12-24(32)22(30)6/h7-16,32-34H,1-6H3. The van der Waals surface area contributed by atoms with E-state index in [1.807, 2.05) is 88.9 Å². The van der Waals surface area contributed by atoms with E-state index >= 15 is 0 Å². The molecule has 5 heteroatoms. The fourth-order valence-corrected chi connectivity index (χ4v) is 4.62. The van der Waals surface area contributed by atoms with E-state index in [4.69, 9.17) is 4.74 Å². The number of rotatable bonds is 5. The highest BCUT2D eigenvalue weighted by atomic mass is 16.5. The minimum Gasteiger partial charge on any atom is -0.508 e. The Hall–Kier alpha value is -4.12. The first-order chi connectivity index (χ1) is 16.6. The van der Waals surface area contributed by atoms with Crippen LogP contribution in [0.2, 0.25) is 0 Å². The van der Waals surface area contributed by atoms with Crippen molar-refractivity contribution in [2.45, 2.75) is 41.5 Å². The summed E-state index contributed by atoms with van der Waals surface area (Å²) in [5, 5.41) is 32.5. The summed E-state index contributed by atoms with van der Waals surface area (Å²) in [6, 6.07) is 18.4. The molecule has 4 aromatic rings. The summed E-state index contributed by atoms with van der Waals surface area (Å²) < 4.78 is 6.42. The van der Waals surface area contributed by atoms with Gasteiger partial charge in [0, 0.05) is 5.56 Å². The van der Waals surface area contributed by atoms with Crippen LogP contribution >= 0.6 is 0 Å². The van der Waals surface area contributed by atoms with Crippen LogP contribution in [0, 0.1) is 41.5 Å². The van der Waals surface area contributed by atoms with Gasteiger partial charge >= 0.3 is 0 Å². The molecule has 0 heterocycles. The minimum atomic E-state index is 0.0985. The van der Waals surface area contributed by atoms with Crippen molar-refractivity contribution in [3.63, 3.8) is 0 Å². The van der Waals surface area contributed by atoms with Crippen molar-refractivity contribution in [2.24, 2.45) is 0 Å². The summed E-state index contributed by atoms with van der Waals surface area (Å²) in [4.78, 5) is 1.84. The van der Waals surface area contributed by atoms with E-state index in [1.54, 1.807) is 18.2 Å². The van der Waals surface area contributed by atoms with Gasteiger partial charge in [-0.15, -0.1) is 0 Å². The van der Waals surface area contributed by atoms with Gasteiger partial charge in [-0.3, -0.25) is 4.90 Å². The quantitative estimate of drug-likeness (QED) is 0.277. The van der Waals surface area contributed by atoms with Gasteiger partial charge in [0.05, 0.1) is 17.1 Å². The van der Waals surface area contributed by atoms with Crippen molar-refractivity contribution in [3.8, 4) is 28.7 Å². The molecule has 0 aliphatic carbocycles. The second-order valence-corrected chi connectivity index (χ2v) is 9.16. The largest absolute Gasteiger partial charge is 0.508 e. The summed E-state index contributed by atoms with van der Waals surface area (Å²) in [5.74, 6) is 1.43. The highest BCUT2D eigenvalue weighted by molar-refractivity contribution is 5.88. The normalized spacial score (nSPS) is 10.9. The molecule has 0 atom stereocenters. The number of benzene rings is 4. The van der Waals surface area contributed by atoms with Gasteiger partial charge in [-0.25, -0.2) is 0 Å². The van der Waals surface area contributed by atoms with Gasteiger partial charge in [0.1, 0.15) is 23.0 Å². The number of phenolic OH excluding ortho intramolecular Hbond substituents is 3. The smallest absolute Gasteiger partial charge is 0.151 e. The molecule has 0 aliphatic heterocycles. The van der Waals surface area contributed by atoms with Crippen LogP contribution in [0.15, 0.2) is 60.7 Å². The monoisotopic (exact) mass is 469 g/mol. The van der Waals surface area contributed by atoms with Gasteiger partial charge in [-0.1, -0.05) is 30.3 Å². The van der Waals surface area contributed by atoms with E-state index in [2.05, 4.69) is 0 Å². The van der Waals surface area contributed by atoms with Crippen LogP contribution in [-0.4, -0.2) is 15.3 Å². The average molecular weight is 470 g/mol. The lowest BCUT2D eigenvalue weighted by molar-refractivity contribution is 0.446. The number of aryl methyl sites for hydroxylation is 5. The SMILES string of the molecule is Cc1cc(C)c(N(c2ccccc2Oc2c(C)ccc(O)c2C)c2c(C)cc(C)cc2O)c(O)c1. The lowest BCUT2D eigenvalue weighted by atomic mass is 10.0. The van der Waals surface area contributed by atoms with E-state index in [9.17, 15) is 15.3 Å². The summed E-state index contributed by atoms with van der Waals surface area (Å²) in [6.45, 7) is 11.5. The fourth-order valence-electron chi connectivity index (χ4n) is 4.62. The van der Waals surface area contributed by atoms with E-state index in [1.165, 1.54) is 0 Å². The molecule has 3 N–H and O–H groups in total. The van der Waals surface area contributed by atoms with Crippen molar-refractivity contribution >= 4 is 17.1 Å². The zero-order valence-electron chi connectivity index (χ0n) is 21.0. The van der Waals surface area contributed by atoms with Gasteiger partial charge in [0.25, 0.3) is 0 Å². The molecule has 4 aromatic carbocycles. The van der Waals surface area contributed by atoms with E-state index in [-0.39, 0.29) is 17.2 Å². The highest BCUT2D eigenvalue weighted by Gasteiger charge is 2.26. The first kappa shape index (κ1) is 24.0. The molecule has 0 spiro atoms. The van der Waals surface area contributed by atoms with Gasteiger partial charge in [-0.05, 0) is 99.7 Å². The van der Waals surface area contributed by atoms with Crippen molar-refractivity contribution in [1.82, 2.24) is 0 Å². The predicted molar refractivity (Wildman–Crippen MR) is 141 cm³/mol. The molecule has 35 heavy (non-hydrogen) atoms. The topological polar surface area (TPSA) is 73.2 Å². The fraction of sp³-hybridized carbons (Fsp3) is 0.200. The van der Waals surface area contributed by atoms with Gasteiger partial charge < -0.3 is 20.1 Å². The Morgan fingerprint density at radius 3 is 1.69 bits per heavy atom. The Bertz CT molecular complexity index is 1320. The third-order valence-corrected chi connectivity index (χ3v) is 6.19. The summed E-state index contributed by atoms with van der Waals surface area (Å²) in [5.41, 5.74) is 6.83. The second kappa shape index (κ2) is 9.26. The molecule has 4 rings (SSSR count). The Morgan fingerprint density at radius 2 is 1.14 bits per heavy atom. The second-order valence-electron chi connectivity index (χ2n) is 9.16. The predicted octanol–water partition coefficient (Wildman–Crippen LogP) is 7.92. The molecule has 0 aliphatic rings. The Morgan fingerprint density at radius 1 is 0.600 bits per heavy atom. The van der Waals surface area contributed by atoms with Crippen LogP contribution in [0.4, 0.5) is 17.1 Å². The Balaban J connectivity index is 2.01. The Kier molecular flexibility index (Phi) is 6.35. The molecule has 5 nitrogen and oxygen atoms in total. The highest BCUT2D eigenvalue weighted by Crippen LogP contribution is 2.50. The van der Waals surface area contributed by atoms with Crippen LogP contribution < -0.4 is 9.64 Å². The van der Waals surface area contributed by atoms with Crippen molar-refractivity contribution < 1.29 is 20.1 Å².